The van der Waals surface area contributed by atoms with Crippen LogP contribution in [0, 0.1) is 0 Å². The molecular formula is C10H13I. The SMILES string of the molecule is CC(C)=CC(I)=C=C1CCC1. The summed E-state index contributed by atoms with van der Waals surface area (Å²) < 4.78 is 1.25. The Labute approximate surface area is 82.2 Å². The minimum atomic E-state index is 1.25. The Morgan fingerprint density at radius 1 is 1.45 bits per heavy atom. The van der Waals surface area contributed by atoms with Gasteiger partial charge in [0.1, 0.15) is 0 Å². The second kappa shape index (κ2) is 4.13. The lowest BCUT2D eigenvalue weighted by atomic mass is 9.93. The molecule has 0 aromatic heterocycles. The second-order valence-corrected chi connectivity index (χ2v) is 4.31. The molecule has 60 valence electrons. The molecule has 1 heteroatoms. The number of halogens is 1. The van der Waals surface area contributed by atoms with Crippen molar-refractivity contribution in [2.45, 2.75) is 33.1 Å². The molecule has 0 heterocycles. The molecule has 1 rings (SSSR count). The lowest BCUT2D eigenvalue weighted by Crippen LogP contribution is -1.93. The zero-order chi connectivity index (χ0) is 8.27. The highest BCUT2D eigenvalue weighted by molar-refractivity contribution is 14.1. The highest BCUT2D eigenvalue weighted by Crippen LogP contribution is 2.25. The van der Waals surface area contributed by atoms with Crippen molar-refractivity contribution in [2.75, 3.05) is 0 Å². The van der Waals surface area contributed by atoms with Gasteiger partial charge < -0.3 is 0 Å². The van der Waals surface area contributed by atoms with Crippen molar-refractivity contribution in [1.29, 1.82) is 0 Å². The molecule has 11 heavy (non-hydrogen) atoms. The maximum Gasteiger partial charge on any atom is 0.0547 e. The number of allylic oxidation sites excluding steroid dienone is 3. The molecule has 0 aromatic carbocycles. The predicted molar refractivity (Wildman–Crippen MR) is 57.8 cm³/mol. The quantitative estimate of drug-likeness (QED) is 0.380. The lowest BCUT2D eigenvalue weighted by Gasteiger charge is -2.12. The zero-order valence-corrected chi connectivity index (χ0v) is 9.23. The van der Waals surface area contributed by atoms with E-state index in [1.165, 1.54) is 34.0 Å². The van der Waals surface area contributed by atoms with E-state index in [4.69, 9.17) is 0 Å². The molecule has 0 aromatic rings. The molecule has 1 aliphatic rings. The normalized spacial score (nSPS) is 15.0. The van der Waals surface area contributed by atoms with Crippen molar-refractivity contribution in [3.05, 3.63) is 26.5 Å². The minimum absolute atomic E-state index is 1.25. The third kappa shape index (κ3) is 3.26. The summed E-state index contributed by atoms with van der Waals surface area (Å²) in [4.78, 5) is 0. The Bertz CT molecular complexity index is 230. The van der Waals surface area contributed by atoms with E-state index < -0.39 is 0 Å². The molecule has 1 aliphatic carbocycles. The fourth-order valence-corrected chi connectivity index (χ4v) is 1.94. The van der Waals surface area contributed by atoms with Gasteiger partial charge in [-0.3, -0.25) is 0 Å². The summed E-state index contributed by atoms with van der Waals surface area (Å²) in [6.07, 6.45) is 6.07. The number of hydrogen-bond donors (Lipinski definition) is 0. The summed E-state index contributed by atoms with van der Waals surface area (Å²) in [5, 5.41) is 0. The first kappa shape index (κ1) is 9.08. The van der Waals surface area contributed by atoms with E-state index in [2.05, 4.69) is 48.2 Å². The average molecular weight is 260 g/mol. The molecule has 0 unspecified atom stereocenters. The van der Waals surface area contributed by atoms with Crippen LogP contribution in [0.1, 0.15) is 33.1 Å². The summed E-state index contributed by atoms with van der Waals surface area (Å²) in [7, 11) is 0. The zero-order valence-electron chi connectivity index (χ0n) is 7.08. The average Bonchev–Trinajstić information content (AvgIpc) is 1.77. The Hall–Kier alpha value is -0.0100. The van der Waals surface area contributed by atoms with Gasteiger partial charge in [-0.15, -0.1) is 5.73 Å². The van der Waals surface area contributed by atoms with Crippen LogP contribution in [0.2, 0.25) is 0 Å². The van der Waals surface area contributed by atoms with Crippen molar-refractivity contribution < 1.29 is 0 Å². The fraction of sp³-hybridized carbons (Fsp3) is 0.500. The molecule has 0 atom stereocenters. The van der Waals surface area contributed by atoms with Gasteiger partial charge in [0.15, 0.2) is 0 Å². The van der Waals surface area contributed by atoms with E-state index in [0.717, 1.165) is 0 Å². The van der Waals surface area contributed by atoms with E-state index in [-0.39, 0.29) is 0 Å². The van der Waals surface area contributed by atoms with Gasteiger partial charge >= 0.3 is 0 Å². The van der Waals surface area contributed by atoms with Gasteiger partial charge in [0.25, 0.3) is 0 Å². The second-order valence-electron chi connectivity index (χ2n) is 3.15. The monoisotopic (exact) mass is 260 g/mol. The summed E-state index contributed by atoms with van der Waals surface area (Å²) in [5.41, 5.74) is 6.23. The molecule has 0 spiro atoms. The van der Waals surface area contributed by atoms with Gasteiger partial charge in [0.2, 0.25) is 0 Å². The van der Waals surface area contributed by atoms with Crippen LogP contribution >= 0.6 is 22.6 Å². The maximum atomic E-state index is 3.39. The third-order valence-electron chi connectivity index (χ3n) is 1.67. The summed E-state index contributed by atoms with van der Waals surface area (Å²) in [5.74, 6) is 0. The van der Waals surface area contributed by atoms with E-state index in [1.54, 1.807) is 0 Å². The molecule has 0 bridgehead atoms. The third-order valence-corrected chi connectivity index (χ3v) is 2.25. The molecule has 0 amide bonds. The van der Waals surface area contributed by atoms with Crippen LogP contribution in [0.15, 0.2) is 26.5 Å². The number of rotatable bonds is 1. The van der Waals surface area contributed by atoms with Gasteiger partial charge in [-0.25, -0.2) is 0 Å². The van der Waals surface area contributed by atoms with E-state index in [0.29, 0.717) is 0 Å². The predicted octanol–water partition coefficient (Wildman–Crippen LogP) is 3.98. The maximum absolute atomic E-state index is 3.39. The summed E-state index contributed by atoms with van der Waals surface area (Å²) in [6.45, 7) is 4.23. The van der Waals surface area contributed by atoms with Gasteiger partial charge in [0, 0.05) is 0 Å². The molecule has 0 N–H and O–H groups in total. The Kier molecular flexibility index (Phi) is 3.41. The minimum Gasteiger partial charge on any atom is -0.107 e. The highest BCUT2D eigenvalue weighted by Gasteiger charge is 2.06. The first-order chi connectivity index (χ1) is 5.18. The van der Waals surface area contributed by atoms with Crippen LogP contribution in [-0.2, 0) is 0 Å². The smallest absolute Gasteiger partial charge is 0.0547 e. The topological polar surface area (TPSA) is 0 Å². The number of hydrogen-bond acceptors (Lipinski definition) is 0. The van der Waals surface area contributed by atoms with E-state index in [9.17, 15) is 0 Å². The van der Waals surface area contributed by atoms with Gasteiger partial charge in [-0.1, -0.05) is 5.57 Å². The first-order valence-corrected chi connectivity index (χ1v) is 5.05. The highest BCUT2D eigenvalue weighted by atomic mass is 127. The Morgan fingerprint density at radius 3 is 2.45 bits per heavy atom. The van der Waals surface area contributed by atoms with Crippen molar-refractivity contribution in [2.24, 2.45) is 0 Å². The molecule has 0 saturated heterocycles. The summed E-state index contributed by atoms with van der Waals surface area (Å²) in [6, 6.07) is 0. The van der Waals surface area contributed by atoms with Crippen LogP contribution in [0.25, 0.3) is 0 Å². The van der Waals surface area contributed by atoms with Crippen molar-refractivity contribution in [3.8, 4) is 0 Å². The van der Waals surface area contributed by atoms with Crippen molar-refractivity contribution >= 4 is 22.6 Å². The van der Waals surface area contributed by atoms with Gasteiger partial charge in [0.05, 0.1) is 3.58 Å². The largest absolute Gasteiger partial charge is 0.107 e. The van der Waals surface area contributed by atoms with E-state index >= 15 is 0 Å². The molecule has 1 saturated carbocycles. The van der Waals surface area contributed by atoms with E-state index in [1.807, 2.05) is 0 Å². The standard InChI is InChI=1S/C10H13I/c1-8(2)6-10(11)7-9-4-3-5-9/h6H,3-5H2,1-2H3. The lowest BCUT2D eigenvalue weighted by molar-refractivity contribution is 0.665. The van der Waals surface area contributed by atoms with Crippen LogP contribution in [0.4, 0.5) is 0 Å². The molecular weight excluding hydrogens is 247 g/mol. The van der Waals surface area contributed by atoms with Crippen molar-refractivity contribution in [3.63, 3.8) is 0 Å². The van der Waals surface area contributed by atoms with Crippen molar-refractivity contribution in [1.82, 2.24) is 0 Å². The Morgan fingerprint density at radius 2 is 2.09 bits per heavy atom. The molecule has 1 fully saturated rings. The summed E-state index contributed by atoms with van der Waals surface area (Å²) >= 11 is 2.34. The molecule has 0 radical (unpaired) electrons. The van der Waals surface area contributed by atoms with Crippen LogP contribution in [-0.4, -0.2) is 0 Å². The fourth-order valence-electron chi connectivity index (χ4n) is 0.937. The van der Waals surface area contributed by atoms with Gasteiger partial charge in [-0.2, -0.15) is 0 Å². The Balaban J connectivity index is 2.72. The van der Waals surface area contributed by atoms with Gasteiger partial charge in [-0.05, 0) is 67.3 Å². The molecule has 0 nitrogen and oxygen atoms in total. The van der Waals surface area contributed by atoms with Crippen LogP contribution in [0.5, 0.6) is 0 Å². The van der Waals surface area contributed by atoms with Crippen LogP contribution in [0.3, 0.4) is 0 Å². The van der Waals surface area contributed by atoms with Crippen LogP contribution < -0.4 is 0 Å². The molecule has 0 aliphatic heterocycles. The first-order valence-electron chi connectivity index (χ1n) is 3.97.